The van der Waals surface area contributed by atoms with Crippen LogP contribution in [-0.2, 0) is 0 Å². The predicted octanol–water partition coefficient (Wildman–Crippen LogP) is 5.76. The number of hydrogen-bond acceptors (Lipinski definition) is 5. The van der Waals surface area contributed by atoms with Gasteiger partial charge in [-0.1, -0.05) is 18.2 Å². The number of hydrogen-bond donors (Lipinski definition) is 1. The van der Waals surface area contributed by atoms with Crippen LogP contribution in [-0.4, -0.2) is 38.4 Å². The van der Waals surface area contributed by atoms with Gasteiger partial charge in [0.2, 0.25) is 5.78 Å². The summed E-state index contributed by atoms with van der Waals surface area (Å²) >= 11 is 0. The van der Waals surface area contributed by atoms with Crippen LogP contribution in [0.1, 0.15) is 43.4 Å². The smallest absolute Gasteiger partial charge is 0.266 e. The van der Waals surface area contributed by atoms with Crippen molar-refractivity contribution in [3.8, 4) is 0 Å². The average Bonchev–Trinajstić information content (AvgIpc) is 3.27. The van der Waals surface area contributed by atoms with E-state index in [9.17, 15) is 22.0 Å². The van der Waals surface area contributed by atoms with E-state index in [-0.39, 0.29) is 31.5 Å². The summed E-state index contributed by atoms with van der Waals surface area (Å²) in [6.45, 7) is 1.97. The third kappa shape index (κ3) is 3.99. The molecule has 0 saturated carbocycles. The van der Waals surface area contributed by atoms with Crippen molar-refractivity contribution in [2.75, 3.05) is 23.3 Å². The number of anilines is 2. The monoisotopic (exact) mass is 476 g/mol. The van der Waals surface area contributed by atoms with Gasteiger partial charge < -0.3 is 10.2 Å². The van der Waals surface area contributed by atoms with Gasteiger partial charge in [-0.05, 0) is 13.0 Å². The summed E-state index contributed by atoms with van der Waals surface area (Å²) in [5.41, 5.74) is 0.0645. The molecule has 34 heavy (non-hydrogen) atoms. The number of alkyl halides is 4. The Morgan fingerprint density at radius 2 is 1.82 bits per heavy atom. The van der Waals surface area contributed by atoms with E-state index in [2.05, 4.69) is 20.3 Å². The molecule has 4 aromatic rings. The number of benzene rings is 1. The van der Waals surface area contributed by atoms with Crippen LogP contribution in [0.3, 0.4) is 0 Å². The maximum atomic E-state index is 14.7. The molecule has 11 heteroatoms. The summed E-state index contributed by atoms with van der Waals surface area (Å²) in [7, 11) is 0. The molecule has 0 spiro atoms. The topological polar surface area (TPSA) is 58.4 Å². The van der Waals surface area contributed by atoms with Crippen LogP contribution >= 0.6 is 0 Å². The molecule has 0 radical (unpaired) electrons. The summed E-state index contributed by atoms with van der Waals surface area (Å²) in [5, 5.41) is 3.73. The van der Waals surface area contributed by atoms with Crippen molar-refractivity contribution in [3.05, 3.63) is 59.8 Å². The van der Waals surface area contributed by atoms with Gasteiger partial charge in [-0.2, -0.15) is 4.98 Å². The number of aromatic nitrogens is 4. The zero-order chi connectivity index (χ0) is 24.0. The van der Waals surface area contributed by atoms with Gasteiger partial charge in [-0.15, -0.1) is 0 Å². The lowest BCUT2D eigenvalue weighted by Gasteiger charge is -2.32. The fourth-order valence-electron chi connectivity index (χ4n) is 4.25. The molecule has 5 rings (SSSR count). The van der Waals surface area contributed by atoms with E-state index in [0.717, 1.165) is 6.07 Å². The van der Waals surface area contributed by atoms with Crippen LogP contribution in [0.25, 0.3) is 16.7 Å². The molecule has 1 aliphatic heterocycles. The molecule has 0 aliphatic carbocycles. The molecule has 1 aromatic carbocycles. The summed E-state index contributed by atoms with van der Waals surface area (Å²) in [4.78, 5) is 15.0. The zero-order valence-electron chi connectivity index (χ0n) is 18.2. The summed E-state index contributed by atoms with van der Waals surface area (Å²) in [6, 6.07) is 4.93. The highest BCUT2D eigenvalue weighted by molar-refractivity contribution is 5.92. The third-order valence-electron chi connectivity index (χ3n) is 6.15. The van der Waals surface area contributed by atoms with Crippen molar-refractivity contribution in [2.24, 2.45) is 0 Å². The predicted molar refractivity (Wildman–Crippen MR) is 118 cm³/mol. The lowest BCUT2D eigenvalue weighted by Crippen LogP contribution is -2.39. The second-order valence-corrected chi connectivity index (χ2v) is 8.38. The van der Waals surface area contributed by atoms with Gasteiger partial charge in [0.05, 0.1) is 23.3 Å². The van der Waals surface area contributed by atoms with E-state index < -0.39 is 29.8 Å². The molecule has 1 N–H and O–H groups in total. The number of fused-ring (bicyclic) bond motifs is 3. The maximum absolute atomic E-state index is 14.7. The lowest BCUT2D eigenvalue weighted by atomic mass is 10.0. The number of piperidine rings is 1. The number of imidazole rings is 1. The number of pyridine rings is 1. The Hall–Kier alpha value is -3.50. The Morgan fingerprint density at radius 1 is 1.09 bits per heavy atom. The Bertz CT molecular complexity index is 1340. The number of nitrogens with one attached hydrogen (secondary N) is 1. The van der Waals surface area contributed by atoms with Gasteiger partial charge in [0, 0.05) is 49.3 Å². The number of halogens is 5. The second-order valence-electron chi connectivity index (χ2n) is 8.38. The standard InChI is InChI=1S/C23H21F5N6/c1-13(14-3-2-4-15(19(14)24)20(25)26)31-21-16-11-18(33-8-5-23(27,28)6-9-33)30-12-17(16)34-10-7-29-22(34)32-21/h2-4,7,10-13,20H,5-6,8-9H2,1H3,(H,29,31,32)/t13-/m1/s1. The Labute approximate surface area is 191 Å². The fraction of sp³-hybridized carbons (Fsp3) is 0.348. The molecule has 3 aromatic heterocycles. The fourth-order valence-corrected chi connectivity index (χ4v) is 4.25. The molecule has 1 aliphatic rings. The minimum Gasteiger partial charge on any atom is -0.363 e. The molecular weight excluding hydrogens is 455 g/mol. The minimum atomic E-state index is -2.93. The SMILES string of the molecule is C[C@@H](Nc1nc2nccn2c2cnc(N3CCC(F)(F)CC3)cc12)c1cccc(C(F)F)c1F. The van der Waals surface area contributed by atoms with Crippen molar-refractivity contribution in [1.82, 2.24) is 19.4 Å². The van der Waals surface area contributed by atoms with Gasteiger partial charge in [0.15, 0.2) is 0 Å². The summed E-state index contributed by atoms with van der Waals surface area (Å²) < 4.78 is 70.0. The molecule has 178 valence electrons. The molecule has 4 heterocycles. The van der Waals surface area contributed by atoms with E-state index in [1.165, 1.54) is 12.1 Å². The van der Waals surface area contributed by atoms with Gasteiger partial charge in [0.25, 0.3) is 12.3 Å². The van der Waals surface area contributed by atoms with E-state index in [1.54, 1.807) is 40.9 Å². The second kappa shape index (κ2) is 8.37. The first kappa shape index (κ1) is 22.3. The highest BCUT2D eigenvalue weighted by Gasteiger charge is 2.34. The minimum absolute atomic E-state index is 0.0727. The quantitative estimate of drug-likeness (QED) is 0.371. The maximum Gasteiger partial charge on any atom is 0.266 e. The van der Waals surface area contributed by atoms with Crippen LogP contribution in [0, 0.1) is 5.82 Å². The lowest BCUT2D eigenvalue weighted by molar-refractivity contribution is -0.0221. The van der Waals surface area contributed by atoms with Gasteiger partial charge in [0.1, 0.15) is 17.5 Å². The van der Waals surface area contributed by atoms with Crippen LogP contribution in [0.2, 0.25) is 0 Å². The van der Waals surface area contributed by atoms with Gasteiger partial charge >= 0.3 is 0 Å². The van der Waals surface area contributed by atoms with Crippen molar-refractivity contribution in [2.45, 2.75) is 38.2 Å². The Balaban J connectivity index is 1.55. The molecule has 1 saturated heterocycles. The summed E-state index contributed by atoms with van der Waals surface area (Å²) in [5.74, 6) is -2.41. The van der Waals surface area contributed by atoms with Crippen LogP contribution in [0.15, 0.2) is 42.9 Å². The van der Waals surface area contributed by atoms with Crippen LogP contribution in [0.5, 0.6) is 0 Å². The highest BCUT2D eigenvalue weighted by Crippen LogP contribution is 2.34. The molecule has 6 nitrogen and oxygen atoms in total. The van der Waals surface area contributed by atoms with E-state index in [1.807, 2.05) is 0 Å². The van der Waals surface area contributed by atoms with Crippen LogP contribution < -0.4 is 10.2 Å². The first-order valence-corrected chi connectivity index (χ1v) is 10.8. The van der Waals surface area contributed by atoms with Crippen molar-refractivity contribution in [3.63, 3.8) is 0 Å². The first-order valence-electron chi connectivity index (χ1n) is 10.8. The van der Waals surface area contributed by atoms with Crippen LogP contribution in [0.4, 0.5) is 33.6 Å². The van der Waals surface area contributed by atoms with Crippen molar-refractivity contribution < 1.29 is 22.0 Å². The molecule has 0 bridgehead atoms. The van der Waals surface area contributed by atoms with Gasteiger partial charge in [-0.3, -0.25) is 4.40 Å². The average molecular weight is 476 g/mol. The zero-order valence-corrected chi connectivity index (χ0v) is 18.2. The summed E-state index contributed by atoms with van der Waals surface area (Å²) in [6.07, 6.45) is 1.45. The Kier molecular flexibility index (Phi) is 5.49. The largest absolute Gasteiger partial charge is 0.363 e. The third-order valence-corrected chi connectivity index (χ3v) is 6.15. The molecule has 1 atom stereocenters. The van der Waals surface area contributed by atoms with E-state index in [0.29, 0.717) is 28.3 Å². The molecular formula is C23H21F5N6. The first-order chi connectivity index (χ1) is 16.2. The van der Waals surface area contributed by atoms with Crippen molar-refractivity contribution >= 4 is 28.3 Å². The number of nitrogens with zero attached hydrogens (tertiary/aromatic N) is 5. The van der Waals surface area contributed by atoms with Gasteiger partial charge in [-0.25, -0.2) is 31.9 Å². The Morgan fingerprint density at radius 3 is 2.56 bits per heavy atom. The van der Waals surface area contributed by atoms with Crippen molar-refractivity contribution in [1.29, 1.82) is 0 Å². The molecule has 1 fully saturated rings. The highest BCUT2D eigenvalue weighted by atomic mass is 19.3. The van der Waals surface area contributed by atoms with E-state index in [4.69, 9.17) is 0 Å². The molecule has 0 amide bonds. The van der Waals surface area contributed by atoms with E-state index >= 15 is 0 Å². The molecule has 0 unspecified atom stereocenters. The normalized spacial score (nSPS) is 17.0. The number of rotatable bonds is 5.